The Hall–Kier alpha value is -1.62. The van der Waals surface area contributed by atoms with Gasteiger partial charge < -0.3 is 15.2 Å². The fourth-order valence-electron chi connectivity index (χ4n) is 1.23. The maximum absolute atomic E-state index is 10.3. The number of aromatic nitrogens is 1. The topological polar surface area (TPSA) is 71.5 Å². The van der Waals surface area contributed by atoms with E-state index >= 15 is 0 Å². The largest absolute Gasteiger partial charge is 0.481 e. The molecular weight excluding hydrogens is 208 g/mol. The highest BCUT2D eigenvalue weighted by Gasteiger charge is 1.97. The Morgan fingerprint density at radius 2 is 2.38 bits per heavy atom. The molecule has 1 aromatic rings. The number of nitrogens with one attached hydrogen (secondary N) is 1. The van der Waals surface area contributed by atoms with Crippen LogP contribution in [-0.2, 0) is 11.3 Å². The lowest BCUT2D eigenvalue weighted by Crippen LogP contribution is -2.15. The molecule has 2 N–H and O–H groups in total. The molecule has 1 rings (SSSR count). The predicted octanol–water partition coefficient (Wildman–Crippen LogP) is 1.04. The second kappa shape index (κ2) is 6.79. The van der Waals surface area contributed by atoms with Crippen molar-refractivity contribution in [1.29, 1.82) is 0 Å². The minimum atomic E-state index is -0.757. The van der Waals surface area contributed by atoms with Crippen molar-refractivity contribution in [1.82, 2.24) is 10.3 Å². The third kappa shape index (κ3) is 4.75. The molecule has 0 saturated carbocycles. The van der Waals surface area contributed by atoms with Crippen molar-refractivity contribution in [2.24, 2.45) is 0 Å². The highest BCUT2D eigenvalue weighted by atomic mass is 16.5. The van der Waals surface area contributed by atoms with Crippen molar-refractivity contribution in [3.05, 3.63) is 23.9 Å². The van der Waals surface area contributed by atoms with E-state index < -0.39 is 5.97 Å². The number of carbonyl (C=O) groups is 1. The van der Waals surface area contributed by atoms with Crippen LogP contribution in [0.25, 0.3) is 0 Å². The number of aliphatic carboxylic acids is 1. The molecule has 1 heterocycles. The van der Waals surface area contributed by atoms with E-state index in [0.29, 0.717) is 25.4 Å². The average molecular weight is 224 g/mol. The molecule has 0 aliphatic heterocycles. The van der Waals surface area contributed by atoms with Crippen molar-refractivity contribution >= 4 is 5.97 Å². The van der Waals surface area contributed by atoms with Gasteiger partial charge in [-0.1, -0.05) is 6.07 Å². The summed E-state index contributed by atoms with van der Waals surface area (Å²) in [6.07, 6.45) is 2.58. The van der Waals surface area contributed by atoms with E-state index in [2.05, 4.69) is 10.3 Å². The third-order valence-electron chi connectivity index (χ3n) is 2.08. The summed E-state index contributed by atoms with van der Waals surface area (Å²) in [5.41, 5.74) is 1.05. The molecule has 5 heteroatoms. The molecule has 16 heavy (non-hydrogen) atoms. The zero-order chi connectivity index (χ0) is 11.8. The molecule has 0 atom stereocenters. The van der Waals surface area contributed by atoms with Gasteiger partial charge in [-0.15, -0.1) is 0 Å². The quantitative estimate of drug-likeness (QED) is 0.677. The van der Waals surface area contributed by atoms with E-state index in [0.717, 1.165) is 5.56 Å². The van der Waals surface area contributed by atoms with Crippen LogP contribution in [0.2, 0.25) is 0 Å². The fourth-order valence-corrected chi connectivity index (χ4v) is 1.23. The lowest BCUT2D eigenvalue weighted by atomic mass is 10.2. The Morgan fingerprint density at radius 1 is 1.56 bits per heavy atom. The van der Waals surface area contributed by atoms with Crippen LogP contribution in [0.4, 0.5) is 0 Å². The minimum absolute atomic E-state index is 0.202. The monoisotopic (exact) mass is 224 g/mol. The summed E-state index contributed by atoms with van der Waals surface area (Å²) < 4.78 is 4.94. The van der Waals surface area contributed by atoms with Crippen LogP contribution in [-0.4, -0.2) is 29.7 Å². The fraction of sp³-hybridized carbons (Fsp3) is 0.455. The molecule has 0 fully saturated rings. The molecule has 5 nitrogen and oxygen atoms in total. The van der Waals surface area contributed by atoms with Crippen molar-refractivity contribution in [2.75, 3.05) is 13.7 Å². The van der Waals surface area contributed by atoms with E-state index in [1.165, 1.54) is 0 Å². The standard InChI is InChI=1S/C11H16N2O3/c1-16-10-5-4-9(8-13-10)7-12-6-2-3-11(14)15/h4-5,8,12H,2-3,6-7H2,1H3,(H,14,15). The van der Waals surface area contributed by atoms with E-state index in [1.54, 1.807) is 19.4 Å². The lowest BCUT2D eigenvalue weighted by molar-refractivity contribution is -0.137. The molecule has 0 aromatic carbocycles. The number of methoxy groups -OCH3 is 1. The van der Waals surface area contributed by atoms with Crippen LogP contribution >= 0.6 is 0 Å². The maximum Gasteiger partial charge on any atom is 0.303 e. The summed E-state index contributed by atoms with van der Waals surface area (Å²) in [5, 5.41) is 11.6. The van der Waals surface area contributed by atoms with Gasteiger partial charge in [-0.25, -0.2) is 4.98 Å². The van der Waals surface area contributed by atoms with Crippen molar-refractivity contribution in [2.45, 2.75) is 19.4 Å². The molecular formula is C11H16N2O3. The van der Waals surface area contributed by atoms with Crippen molar-refractivity contribution in [3.63, 3.8) is 0 Å². The van der Waals surface area contributed by atoms with Gasteiger partial charge in [-0.05, 0) is 18.5 Å². The Morgan fingerprint density at radius 3 is 2.94 bits per heavy atom. The first-order valence-electron chi connectivity index (χ1n) is 5.14. The lowest BCUT2D eigenvalue weighted by Gasteiger charge is -2.04. The van der Waals surface area contributed by atoms with Crippen molar-refractivity contribution < 1.29 is 14.6 Å². The molecule has 0 amide bonds. The number of rotatable bonds is 7. The molecule has 88 valence electrons. The second-order valence-electron chi connectivity index (χ2n) is 3.38. The van der Waals surface area contributed by atoms with Gasteiger partial charge in [0, 0.05) is 25.2 Å². The summed E-state index contributed by atoms with van der Waals surface area (Å²) in [4.78, 5) is 14.3. The smallest absolute Gasteiger partial charge is 0.303 e. The van der Waals surface area contributed by atoms with Crippen LogP contribution in [0.5, 0.6) is 5.88 Å². The Labute approximate surface area is 94.5 Å². The number of hydrogen-bond acceptors (Lipinski definition) is 4. The summed E-state index contributed by atoms with van der Waals surface area (Å²) in [7, 11) is 1.58. The van der Waals surface area contributed by atoms with E-state index in [-0.39, 0.29) is 6.42 Å². The molecule has 0 aliphatic rings. The van der Waals surface area contributed by atoms with Gasteiger partial charge in [0.15, 0.2) is 0 Å². The first kappa shape index (κ1) is 12.4. The van der Waals surface area contributed by atoms with E-state index in [1.807, 2.05) is 6.07 Å². The van der Waals surface area contributed by atoms with Gasteiger partial charge >= 0.3 is 5.97 Å². The van der Waals surface area contributed by atoms with Crippen LogP contribution in [0.15, 0.2) is 18.3 Å². The highest BCUT2D eigenvalue weighted by molar-refractivity contribution is 5.66. The SMILES string of the molecule is COc1ccc(CNCCCC(=O)O)cn1. The normalized spacial score (nSPS) is 10.1. The van der Waals surface area contributed by atoms with Crippen molar-refractivity contribution in [3.8, 4) is 5.88 Å². The van der Waals surface area contributed by atoms with Crippen LogP contribution in [0, 0.1) is 0 Å². The van der Waals surface area contributed by atoms with Gasteiger partial charge in [0.25, 0.3) is 0 Å². The zero-order valence-corrected chi connectivity index (χ0v) is 9.27. The van der Waals surface area contributed by atoms with Gasteiger partial charge in [0.2, 0.25) is 5.88 Å². The number of carboxylic acid groups (broad SMARTS) is 1. The van der Waals surface area contributed by atoms with Crippen LogP contribution < -0.4 is 10.1 Å². The molecule has 0 unspecified atom stereocenters. The summed E-state index contributed by atoms with van der Waals surface area (Å²) in [6.45, 7) is 1.38. The van der Waals surface area contributed by atoms with Crippen LogP contribution in [0.3, 0.4) is 0 Å². The minimum Gasteiger partial charge on any atom is -0.481 e. The van der Waals surface area contributed by atoms with Gasteiger partial charge in [-0.2, -0.15) is 0 Å². The third-order valence-corrected chi connectivity index (χ3v) is 2.08. The molecule has 1 aromatic heterocycles. The Balaban J connectivity index is 2.19. The molecule has 0 saturated heterocycles. The van der Waals surface area contributed by atoms with E-state index in [4.69, 9.17) is 9.84 Å². The highest BCUT2D eigenvalue weighted by Crippen LogP contribution is 2.06. The number of nitrogens with zero attached hydrogens (tertiary/aromatic N) is 1. The van der Waals surface area contributed by atoms with Gasteiger partial charge in [0.05, 0.1) is 7.11 Å². The average Bonchev–Trinajstić information content (AvgIpc) is 2.29. The maximum atomic E-state index is 10.3. The molecule has 0 spiro atoms. The predicted molar refractivity (Wildman–Crippen MR) is 59.4 cm³/mol. The molecule has 0 bridgehead atoms. The summed E-state index contributed by atoms with van der Waals surface area (Å²) >= 11 is 0. The number of carboxylic acids is 1. The van der Waals surface area contributed by atoms with Crippen LogP contribution in [0.1, 0.15) is 18.4 Å². The number of ether oxygens (including phenoxy) is 1. The Bertz CT molecular complexity index is 325. The van der Waals surface area contributed by atoms with Gasteiger partial charge in [0.1, 0.15) is 0 Å². The van der Waals surface area contributed by atoms with E-state index in [9.17, 15) is 4.79 Å². The summed E-state index contributed by atoms with van der Waals surface area (Å²) in [6, 6.07) is 3.73. The number of pyridine rings is 1. The molecule has 0 aliphatic carbocycles. The first-order chi connectivity index (χ1) is 7.72. The number of hydrogen-bond donors (Lipinski definition) is 2. The Kier molecular flexibility index (Phi) is 5.28. The van der Waals surface area contributed by atoms with Gasteiger partial charge in [-0.3, -0.25) is 4.79 Å². The zero-order valence-electron chi connectivity index (χ0n) is 9.27. The second-order valence-corrected chi connectivity index (χ2v) is 3.38. The summed E-state index contributed by atoms with van der Waals surface area (Å²) in [5.74, 6) is -0.164. The molecule has 0 radical (unpaired) electrons. The first-order valence-corrected chi connectivity index (χ1v) is 5.14.